The summed E-state index contributed by atoms with van der Waals surface area (Å²) in [7, 11) is 3.55. The van der Waals surface area contributed by atoms with E-state index in [9.17, 15) is 13.2 Å². The fourth-order valence-electron chi connectivity index (χ4n) is 1.34. The van der Waals surface area contributed by atoms with E-state index in [2.05, 4.69) is 0 Å². The first-order chi connectivity index (χ1) is 6.82. The van der Waals surface area contributed by atoms with E-state index >= 15 is 0 Å². The van der Waals surface area contributed by atoms with Crippen LogP contribution in [0, 0.1) is 0 Å². The number of hydrogen-bond acceptors (Lipinski definition) is 2. The number of alkyl halides is 3. The lowest BCUT2D eigenvalue weighted by atomic mass is 10.1. The molecule has 0 aliphatic heterocycles. The molecule has 15 heavy (non-hydrogen) atoms. The van der Waals surface area contributed by atoms with Crippen molar-refractivity contribution in [1.29, 1.82) is 0 Å². The molecule has 0 spiro atoms. The highest BCUT2D eigenvalue weighted by atomic mass is 19.4. The van der Waals surface area contributed by atoms with E-state index < -0.39 is 11.7 Å². The summed E-state index contributed by atoms with van der Waals surface area (Å²) in [5.74, 6) is 0. The standard InChI is InChI=1S/C10H13F3N2/c1-15(2)6-7-4-3-5-8(9(7)14)10(11,12)13/h3-5H,6,14H2,1-2H3. The largest absolute Gasteiger partial charge is 0.418 e. The van der Waals surface area contributed by atoms with E-state index in [0.717, 1.165) is 6.07 Å². The highest BCUT2D eigenvalue weighted by Crippen LogP contribution is 2.35. The van der Waals surface area contributed by atoms with Crippen LogP contribution in [0.5, 0.6) is 0 Å². The Kier molecular flexibility index (Phi) is 3.24. The molecule has 0 aliphatic rings. The van der Waals surface area contributed by atoms with Gasteiger partial charge in [-0.2, -0.15) is 13.2 Å². The Balaban J connectivity index is 3.12. The van der Waals surface area contributed by atoms with E-state index in [1.807, 2.05) is 0 Å². The Hall–Kier alpha value is -1.23. The van der Waals surface area contributed by atoms with Gasteiger partial charge in [-0.1, -0.05) is 12.1 Å². The minimum atomic E-state index is -4.38. The molecule has 5 heteroatoms. The van der Waals surface area contributed by atoms with Crippen molar-refractivity contribution in [3.8, 4) is 0 Å². The topological polar surface area (TPSA) is 29.3 Å². The lowest BCUT2D eigenvalue weighted by molar-refractivity contribution is -0.136. The molecule has 0 aromatic heterocycles. The van der Waals surface area contributed by atoms with Gasteiger partial charge in [0.25, 0.3) is 0 Å². The summed E-state index contributed by atoms with van der Waals surface area (Å²) in [6.45, 7) is 0.399. The van der Waals surface area contributed by atoms with Crippen molar-refractivity contribution in [2.24, 2.45) is 0 Å². The minimum Gasteiger partial charge on any atom is -0.398 e. The maximum atomic E-state index is 12.5. The van der Waals surface area contributed by atoms with Crippen molar-refractivity contribution in [3.05, 3.63) is 29.3 Å². The number of rotatable bonds is 2. The molecule has 0 heterocycles. The maximum absolute atomic E-state index is 12.5. The predicted molar refractivity (Wildman–Crippen MR) is 53.2 cm³/mol. The van der Waals surface area contributed by atoms with E-state index in [1.54, 1.807) is 25.1 Å². The van der Waals surface area contributed by atoms with Crippen molar-refractivity contribution in [2.45, 2.75) is 12.7 Å². The molecule has 1 aromatic carbocycles. The average molecular weight is 218 g/mol. The molecule has 0 radical (unpaired) electrons. The molecule has 0 aliphatic carbocycles. The number of anilines is 1. The number of nitrogen functional groups attached to an aromatic ring is 1. The third-order valence-corrected chi connectivity index (χ3v) is 1.99. The fraction of sp³-hybridized carbons (Fsp3) is 0.400. The third-order valence-electron chi connectivity index (χ3n) is 1.99. The minimum absolute atomic E-state index is 0.182. The summed E-state index contributed by atoms with van der Waals surface area (Å²) >= 11 is 0. The zero-order valence-corrected chi connectivity index (χ0v) is 8.60. The smallest absolute Gasteiger partial charge is 0.398 e. The molecule has 0 bridgehead atoms. The summed E-state index contributed by atoms with van der Waals surface area (Å²) in [5.41, 5.74) is 5.02. The van der Waals surface area contributed by atoms with Crippen molar-refractivity contribution < 1.29 is 13.2 Å². The summed E-state index contributed by atoms with van der Waals surface area (Å²) in [6, 6.07) is 3.97. The van der Waals surface area contributed by atoms with Crippen LogP contribution in [-0.4, -0.2) is 19.0 Å². The molecule has 0 fully saturated rings. The average Bonchev–Trinajstić information content (AvgIpc) is 2.05. The number of nitrogens with two attached hydrogens (primary N) is 1. The van der Waals surface area contributed by atoms with E-state index in [1.165, 1.54) is 6.07 Å². The van der Waals surface area contributed by atoms with Crippen LogP contribution in [-0.2, 0) is 12.7 Å². The van der Waals surface area contributed by atoms with Gasteiger partial charge in [-0.15, -0.1) is 0 Å². The summed E-state index contributed by atoms with van der Waals surface area (Å²) in [6.07, 6.45) is -4.38. The molecular formula is C10H13F3N2. The Morgan fingerprint density at radius 2 is 1.87 bits per heavy atom. The third kappa shape index (κ3) is 2.86. The monoisotopic (exact) mass is 218 g/mol. The summed E-state index contributed by atoms with van der Waals surface area (Å²) < 4.78 is 37.4. The Labute approximate surface area is 86.5 Å². The predicted octanol–water partition coefficient (Wildman–Crippen LogP) is 2.35. The van der Waals surface area contributed by atoms with Gasteiger partial charge in [0.2, 0.25) is 0 Å². The van der Waals surface area contributed by atoms with Crippen LogP contribution in [0.15, 0.2) is 18.2 Å². The van der Waals surface area contributed by atoms with Crippen LogP contribution < -0.4 is 5.73 Å². The molecule has 1 rings (SSSR count). The quantitative estimate of drug-likeness (QED) is 0.772. The lowest BCUT2D eigenvalue weighted by Crippen LogP contribution is -2.15. The molecule has 0 amide bonds. The second kappa shape index (κ2) is 4.10. The first-order valence-corrected chi connectivity index (χ1v) is 4.41. The van der Waals surface area contributed by atoms with Gasteiger partial charge in [0.1, 0.15) is 0 Å². The normalized spacial score (nSPS) is 12.1. The van der Waals surface area contributed by atoms with Crippen LogP contribution in [0.25, 0.3) is 0 Å². The zero-order chi connectivity index (χ0) is 11.6. The molecule has 84 valence electrons. The summed E-state index contributed by atoms with van der Waals surface area (Å²) in [4.78, 5) is 1.77. The van der Waals surface area contributed by atoms with Crippen molar-refractivity contribution >= 4 is 5.69 Å². The first kappa shape index (κ1) is 11.8. The highest BCUT2D eigenvalue weighted by Gasteiger charge is 2.33. The summed E-state index contributed by atoms with van der Waals surface area (Å²) in [5, 5.41) is 0. The second-order valence-corrected chi connectivity index (χ2v) is 3.61. The molecule has 0 unspecified atom stereocenters. The Morgan fingerprint density at radius 1 is 1.27 bits per heavy atom. The zero-order valence-electron chi connectivity index (χ0n) is 8.60. The van der Waals surface area contributed by atoms with Crippen molar-refractivity contribution in [3.63, 3.8) is 0 Å². The maximum Gasteiger partial charge on any atom is 0.418 e. The van der Waals surface area contributed by atoms with Crippen LogP contribution in [0.4, 0.5) is 18.9 Å². The molecule has 1 aromatic rings. The highest BCUT2D eigenvalue weighted by molar-refractivity contribution is 5.55. The van der Waals surface area contributed by atoms with Gasteiger partial charge in [-0.25, -0.2) is 0 Å². The van der Waals surface area contributed by atoms with Gasteiger partial charge in [0, 0.05) is 12.2 Å². The molecule has 2 nitrogen and oxygen atoms in total. The van der Waals surface area contributed by atoms with Crippen LogP contribution >= 0.6 is 0 Å². The SMILES string of the molecule is CN(C)Cc1cccc(C(F)(F)F)c1N. The molecule has 0 saturated carbocycles. The van der Waals surface area contributed by atoms with Gasteiger partial charge in [0.15, 0.2) is 0 Å². The Bertz CT molecular complexity index is 345. The number of halogens is 3. The number of benzene rings is 1. The van der Waals surface area contributed by atoms with Crippen molar-refractivity contribution in [1.82, 2.24) is 4.90 Å². The van der Waals surface area contributed by atoms with E-state index in [-0.39, 0.29) is 5.69 Å². The van der Waals surface area contributed by atoms with Gasteiger partial charge < -0.3 is 10.6 Å². The van der Waals surface area contributed by atoms with Gasteiger partial charge >= 0.3 is 6.18 Å². The van der Waals surface area contributed by atoms with Crippen LogP contribution in [0.1, 0.15) is 11.1 Å². The molecule has 2 N–H and O–H groups in total. The molecule has 0 atom stereocenters. The van der Waals surface area contributed by atoms with Gasteiger partial charge in [-0.3, -0.25) is 0 Å². The Morgan fingerprint density at radius 3 is 2.33 bits per heavy atom. The van der Waals surface area contributed by atoms with E-state index in [0.29, 0.717) is 12.1 Å². The number of para-hydroxylation sites is 1. The van der Waals surface area contributed by atoms with Gasteiger partial charge in [-0.05, 0) is 25.7 Å². The first-order valence-electron chi connectivity index (χ1n) is 4.41. The van der Waals surface area contributed by atoms with E-state index in [4.69, 9.17) is 5.73 Å². The second-order valence-electron chi connectivity index (χ2n) is 3.61. The number of nitrogens with zero attached hydrogens (tertiary/aromatic N) is 1. The van der Waals surface area contributed by atoms with Crippen molar-refractivity contribution in [2.75, 3.05) is 19.8 Å². The molecule has 0 saturated heterocycles. The number of hydrogen-bond donors (Lipinski definition) is 1. The molecular weight excluding hydrogens is 205 g/mol. The van der Waals surface area contributed by atoms with Crippen LogP contribution in [0.3, 0.4) is 0 Å². The lowest BCUT2D eigenvalue weighted by Gasteiger charge is -2.16. The van der Waals surface area contributed by atoms with Crippen LogP contribution in [0.2, 0.25) is 0 Å². The fourth-order valence-corrected chi connectivity index (χ4v) is 1.34. The van der Waals surface area contributed by atoms with Gasteiger partial charge in [0.05, 0.1) is 5.56 Å².